The molecule has 0 aliphatic carbocycles. The summed E-state index contributed by atoms with van der Waals surface area (Å²) in [4.78, 5) is 105. The number of ether oxygens (including phenoxy) is 12. The molecule has 0 aliphatic heterocycles. The predicted octanol–water partition coefficient (Wildman–Crippen LogP) is 12.9. The summed E-state index contributed by atoms with van der Waals surface area (Å²) < 4.78 is 67.7. The Labute approximate surface area is 675 Å². The summed E-state index contributed by atoms with van der Waals surface area (Å²) in [5.74, 6) is -3.22. The molecule has 4 atom stereocenters. The van der Waals surface area contributed by atoms with Gasteiger partial charge in [-0.25, -0.2) is 0 Å². The molecule has 0 heterocycles. The molecule has 2 N–H and O–H groups in total. The van der Waals surface area contributed by atoms with Crippen molar-refractivity contribution >= 4 is 58.5 Å². The van der Waals surface area contributed by atoms with Gasteiger partial charge >= 0.3 is 5.97 Å². The van der Waals surface area contributed by atoms with Crippen molar-refractivity contribution in [3.05, 3.63) is 179 Å². The van der Waals surface area contributed by atoms with E-state index >= 15 is 0 Å². The Bertz CT molecular complexity index is 3270. The number of carbonyl (C=O) groups excluding carboxylic acids is 8. The van der Waals surface area contributed by atoms with Crippen molar-refractivity contribution in [3.8, 4) is 0 Å². The van der Waals surface area contributed by atoms with Crippen LogP contribution in [0.1, 0.15) is 159 Å². The fraction of sp³-hybridized carbons (Fsp3) is 0.578. The van der Waals surface area contributed by atoms with Gasteiger partial charge in [0, 0.05) is 75.7 Å². The summed E-state index contributed by atoms with van der Waals surface area (Å²) in [5, 5.41) is 5.96. The highest BCUT2D eigenvalue weighted by molar-refractivity contribution is 8.00. The fourth-order valence-electron chi connectivity index (χ4n) is 12.5. The molecule has 624 valence electrons. The van der Waals surface area contributed by atoms with E-state index in [1.54, 1.807) is 20.8 Å². The molecule has 0 spiro atoms. The van der Waals surface area contributed by atoms with Crippen LogP contribution in [0.25, 0.3) is 0 Å². The van der Waals surface area contributed by atoms with E-state index in [2.05, 4.69) is 102 Å². The minimum absolute atomic E-state index is 0.0109. The molecule has 0 aliphatic rings. The van der Waals surface area contributed by atoms with Crippen molar-refractivity contribution in [1.29, 1.82) is 0 Å². The van der Waals surface area contributed by atoms with Crippen LogP contribution in [0.2, 0.25) is 0 Å². The summed E-state index contributed by atoms with van der Waals surface area (Å²) in [7, 11) is 0. The van der Waals surface area contributed by atoms with Crippen molar-refractivity contribution in [3.63, 3.8) is 0 Å². The van der Waals surface area contributed by atoms with Crippen LogP contribution in [0.5, 0.6) is 0 Å². The number of amides is 2. The largest absolute Gasteiger partial charge is 0.460 e. The zero-order valence-corrected chi connectivity index (χ0v) is 68.6. The Morgan fingerprint density at radius 1 is 0.372 bits per heavy atom. The molecule has 2 amide bonds. The lowest BCUT2D eigenvalue weighted by Crippen LogP contribution is -2.46. The van der Waals surface area contributed by atoms with Gasteiger partial charge in [-0.15, -0.1) is 11.8 Å². The minimum atomic E-state index is -0.859. The molecule has 22 nitrogen and oxygen atoms in total. The first-order chi connectivity index (χ1) is 54.9. The van der Waals surface area contributed by atoms with Gasteiger partial charge < -0.3 is 72.3 Å². The summed E-state index contributed by atoms with van der Waals surface area (Å²) in [6, 6.07) is 50.3. The number of hydrogen-bond donors (Lipinski definition) is 2. The van der Waals surface area contributed by atoms with E-state index in [1.807, 2.05) is 72.4 Å². The Morgan fingerprint density at radius 3 is 1.17 bits per heavy atom. The van der Waals surface area contributed by atoms with Gasteiger partial charge in [0.05, 0.1) is 155 Å². The summed E-state index contributed by atoms with van der Waals surface area (Å²) in [6.45, 7) is 18.3. The van der Waals surface area contributed by atoms with E-state index < -0.39 is 35.4 Å². The Balaban J connectivity index is 0.811. The number of ketones is 5. The van der Waals surface area contributed by atoms with Crippen molar-refractivity contribution < 1.29 is 95.2 Å². The van der Waals surface area contributed by atoms with E-state index in [0.717, 1.165) is 36.1 Å². The highest BCUT2D eigenvalue weighted by Gasteiger charge is 2.37. The molecule has 0 saturated heterocycles. The number of Topliss-reactive ketones (excluding diaryl/α,β-unsaturated/α-hetero) is 5. The third-order valence-electron chi connectivity index (χ3n) is 18.5. The van der Waals surface area contributed by atoms with E-state index in [4.69, 9.17) is 56.8 Å². The molecular weight excluding hydrogens is 1460 g/mol. The number of carbonyl (C=O) groups is 8. The quantitative estimate of drug-likeness (QED) is 0.0208. The number of hydrogen-bond acceptors (Lipinski definition) is 21. The first kappa shape index (κ1) is 96.4. The molecule has 0 unspecified atom stereocenters. The van der Waals surface area contributed by atoms with Crippen molar-refractivity contribution in [2.24, 2.45) is 17.8 Å². The highest BCUT2D eigenvalue weighted by Crippen LogP contribution is 2.48. The number of rotatable bonds is 70. The SMILES string of the molecule is CC(=O)CC[C@H](CC(=O)C[C@@H](CCC(=O)NCCCCCCCC(=O)C[C@@H](Cc1ccccc1)C(=O)N[C@@H](Cc1ccccc1)C(=O)CCCOCCOCCOCCOCCOCCOCCOCCOCCOCCOCCOCCSC(c1ccccc1)(c1ccccc1)c1ccccc1)C(=O)OC(C)(C)C)C(C)=O. The summed E-state index contributed by atoms with van der Waals surface area (Å²) in [6.07, 6.45) is 5.73. The van der Waals surface area contributed by atoms with Crippen molar-refractivity contribution in [2.45, 2.75) is 160 Å². The lowest BCUT2D eigenvalue weighted by molar-refractivity contribution is -0.161. The number of unbranched alkanes of at least 4 members (excludes halogenated alkanes) is 4. The second-order valence-corrected chi connectivity index (χ2v) is 30.3. The fourth-order valence-corrected chi connectivity index (χ4v) is 13.9. The molecular formula is C90H128N2O20S. The van der Waals surface area contributed by atoms with Gasteiger partial charge in [-0.3, -0.25) is 33.6 Å². The van der Waals surface area contributed by atoms with E-state index in [1.165, 1.54) is 30.5 Å². The van der Waals surface area contributed by atoms with Crippen LogP contribution >= 0.6 is 11.8 Å². The van der Waals surface area contributed by atoms with Crippen LogP contribution in [0.4, 0.5) is 0 Å². The first-order valence-corrected chi connectivity index (χ1v) is 41.5. The van der Waals surface area contributed by atoms with Gasteiger partial charge in [0.2, 0.25) is 11.8 Å². The van der Waals surface area contributed by atoms with Crippen molar-refractivity contribution in [2.75, 3.05) is 158 Å². The van der Waals surface area contributed by atoms with Crippen LogP contribution in [-0.2, 0) is 113 Å². The standard InChI is InChI=1S/C90H128N2O20S/c1-72(93)39-40-76(73(2)94)69-83(96)70-77(88(100)112-89(3,4)5)41-42-86(98)91-43-25-8-6-7-24-37-82(95)71-78(67-74-27-14-9-15-28-74)87(99)92-84(68-75-29-16-10-17-30-75)85(97)38-26-44-101-45-46-102-47-48-103-49-50-104-51-52-105-53-54-106-55-56-107-57-58-108-59-60-109-61-62-110-63-64-111-65-66-113-90(79-31-18-11-19-32-79,80-33-20-12-21-34-80)81-35-22-13-23-36-81/h9-23,27-36,76-78,84H,6-8,24-26,37-71H2,1-5H3,(H,91,98)(H,92,99)/t76-,77-,78-,84+/m1/s1. The van der Waals surface area contributed by atoms with Crippen LogP contribution in [0, 0.1) is 17.8 Å². The predicted molar refractivity (Wildman–Crippen MR) is 438 cm³/mol. The number of nitrogens with one attached hydrogen (secondary N) is 2. The van der Waals surface area contributed by atoms with Crippen LogP contribution in [0.15, 0.2) is 152 Å². The topological polar surface area (TPSA) is 271 Å². The van der Waals surface area contributed by atoms with E-state index in [9.17, 15) is 38.4 Å². The van der Waals surface area contributed by atoms with Gasteiger partial charge in [-0.1, -0.05) is 171 Å². The van der Waals surface area contributed by atoms with Crippen molar-refractivity contribution in [1.82, 2.24) is 10.6 Å². The molecule has 113 heavy (non-hydrogen) atoms. The van der Waals surface area contributed by atoms with Gasteiger partial charge in [-0.05, 0) is 107 Å². The Hall–Kier alpha value is -7.23. The minimum Gasteiger partial charge on any atom is -0.460 e. The maximum atomic E-state index is 14.2. The van der Waals surface area contributed by atoms with Gasteiger partial charge in [0.15, 0.2) is 5.78 Å². The number of thioether (sulfide) groups is 1. The molecule has 0 fully saturated rings. The van der Waals surface area contributed by atoms with E-state index in [-0.39, 0.29) is 96.8 Å². The zero-order chi connectivity index (χ0) is 81.1. The molecule has 0 aromatic heterocycles. The monoisotopic (exact) mass is 1590 g/mol. The first-order valence-electron chi connectivity index (χ1n) is 40.5. The van der Waals surface area contributed by atoms with Gasteiger partial charge in [0.25, 0.3) is 0 Å². The van der Waals surface area contributed by atoms with Crippen LogP contribution in [0.3, 0.4) is 0 Å². The molecule has 5 rings (SSSR count). The smallest absolute Gasteiger partial charge is 0.309 e. The lowest BCUT2D eigenvalue weighted by atomic mass is 9.84. The zero-order valence-electron chi connectivity index (χ0n) is 67.8. The van der Waals surface area contributed by atoms with E-state index in [0.29, 0.717) is 190 Å². The maximum Gasteiger partial charge on any atom is 0.309 e. The van der Waals surface area contributed by atoms with Crippen LogP contribution in [-0.4, -0.2) is 216 Å². The highest BCUT2D eigenvalue weighted by atomic mass is 32.2. The Morgan fingerprint density at radius 2 is 0.743 bits per heavy atom. The maximum absolute atomic E-state index is 14.2. The molecule has 0 saturated carbocycles. The molecule has 5 aromatic carbocycles. The summed E-state index contributed by atoms with van der Waals surface area (Å²) in [5.41, 5.74) is 4.72. The Kier molecular flexibility index (Phi) is 51.4. The number of benzene rings is 5. The molecule has 5 aromatic rings. The second-order valence-electron chi connectivity index (χ2n) is 28.9. The third-order valence-corrected chi connectivity index (χ3v) is 20.0. The lowest BCUT2D eigenvalue weighted by Gasteiger charge is -2.35. The average molecular weight is 1590 g/mol. The summed E-state index contributed by atoms with van der Waals surface area (Å²) >= 11 is 1.89. The molecule has 23 heteroatoms. The molecule has 0 radical (unpaired) electrons. The number of esters is 1. The normalized spacial score (nSPS) is 12.7. The average Bonchev–Trinajstić information content (AvgIpc) is 0.759. The van der Waals surface area contributed by atoms with Gasteiger partial charge in [-0.2, -0.15) is 0 Å². The third kappa shape index (κ3) is 44.5. The van der Waals surface area contributed by atoms with Gasteiger partial charge in [0.1, 0.15) is 28.7 Å². The second kappa shape index (κ2) is 60.3. The molecule has 0 bridgehead atoms. The van der Waals surface area contributed by atoms with Crippen LogP contribution < -0.4 is 10.6 Å².